The molecule has 2 N–H and O–H groups in total. The number of aromatic nitrogens is 4. The van der Waals surface area contributed by atoms with Crippen molar-refractivity contribution in [1.29, 1.82) is 0 Å². The number of nitrogen functional groups attached to an aromatic ring is 1. The Labute approximate surface area is 141 Å². The lowest BCUT2D eigenvalue weighted by Crippen LogP contribution is -1.95. The van der Waals surface area contributed by atoms with Crippen molar-refractivity contribution in [3.8, 4) is 22.0 Å². The number of hydrogen-bond acceptors (Lipinski definition) is 6. The lowest BCUT2D eigenvalue weighted by Gasteiger charge is -2.03. The van der Waals surface area contributed by atoms with Crippen molar-refractivity contribution in [1.82, 2.24) is 19.5 Å². The van der Waals surface area contributed by atoms with Gasteiger partial charge in [0.05, 0.1) is 12.0 Å². The van der Waals surface area contributed by atoms with Crippen LogP contribution in [0.3, 0.4) is 0 Å². The number of imidazole rings is 1. The van der Waals surface area contributed by atoms with Crippen LogP contribution in [0.5, 0.6) is 0 Å². The molecule has 0 radical (unpaired) electrons. The molecule has 0 atom stereocenters. The van der Waals surface area contributed by atoms with Gasteiger partial charge in [0.1, 0.15) is 10.7 Å². The molecular weight excluding hydrogens is 326 g/mol. The fourth-order valence-electron chi connectivity index (χ4n) is 2.28. The molecule has 114 valence electrons. The van der Waals surface area contributed by atoms with Gasteiger partial charge in [0.15, 0.2) is 5.13 Å². The first-order valence-electron chi connectivity index (χ1n) is 7.00. The van der Waals surface area contributed by atoms with Crippen molar-refractivity contribution in [2.45, 2.75) is 6.54 Å². The van der Waals surface area contributed by atoms with E-state index < -0.39 is 0 Å². The Morgan fingerprint density at radius 3 is 2.52 bits per heavy atom. The fourth-order valence-corrected chi connectivity index (χ4v) is 3.69. The quantitative estimate of drug-likeness (QED) is 0.614. The molecule has 0 bridgehead atoms. The molecule has 7 heteroatoms. The number of thiazole rings is 2. The molecule has 0 saturated heterocycles. The van der Waals surface area contributed by atoms with Gasteiger partial charge in [-0.15, -0.1) is 22.7 Å². The number of rotatable bonds is 4. The molecule has 23 heavy (non-hydrogen) atoms. The lowest BCUT2D eigenvalue weighted by molar-refractivity contribution is 0.797. The number of nitrogens with two attached hydrogens (primary N) is 1. The number of benzene rings is 1. The molecular formula is C16H13N5S2. The minimum atomic E-state index is 0.570. The normalized spacial score (nSPS) is 11.0. The Morgan fingerprint density at radius 2 is 1.83 bits per heavy atom. The van der Waals surface area contributed by atoms with Gasteiger partial charge in [-0.3, -0.25) is 0 Å². The summed E-state index contributed by atoms with van der Waals surface area (Å²) in [6.45, 7) is 0.820. The van der Waals surface area contributed by atoms with Gasteiger partial charge in [0.25, 0.3) is 0 Å². The van der Waals surface area contributed by atoms with E-state index in [1.54, 1.807) is 17.5 Å². The topological polar surface area (TPSA) is 69.6 Å². The summed E-state index contributed by atoms with van der Waals surface area (Å²) in [5, 5.41) is 5.46. The first-order chi connectivity index (χ1) is 11.3. The van der Waals surface area contributed by atoms with E-state index in [0.717, 1.165) is 28.5 Å². The van der Waals surface area contributed by atoms with Crippen LogP contribution >= 0.6 is 22.7 Å². The van der Waals surface area contributed by atoms with Crippen molar-refractivity contribution in [2.24, 2.45) is 0 Å². The maximum Gasteiger partial charge on any atom is 0.180 e. The molecule has 0 aliphatic heterocycles. The van der Waals surface area contributed by atoms with Crippen LogP contribution in [0.4, 0.5) is 5.13 Å². The average Bonchev–Trinajstić information content (AvgIpc) is 3.29. The van der Waals surface area contributed by atoms with Crippen LogP contribution in [0.25, 0.3) is 22.0 Å². The van der Waals surface area contributed by atoms with E-state index in [4.69, 9.17) is 5.73 Å². The monoisotopic (exact) mass is 339 g/mol. The summed E-state index contributed by atoms with van der Waals surface area (Å²) in [5.74, 6) is 0. The molecule has 1 aromatic carbocycles. The second kappa shape index (κ2) is 5.94. The summed E-state index contributed by atoms with van der Waals surface area (Å²) < 4.78 is 2.04. The molecule has 3 aromatic heterocycles. The zero-order valence-corrected chi connectivity index (χ0v) is 13.7. The Balaban J connectivity index is 1.55. The third kappa shape index (κ3) is 3.01. The molecule has 0 spiro atoms. The highest BCUT2D eigenvalue weighted by atomic mass is 32.1. The molecule has 0 aliphatic carbocycles. The predicted octanol–water partition coefficient (Wildman–Crippen LogP) is 3.76. The van der Waals surface area contributed by atoms with Crippen LogP contribution in [0.2, 0.25) is 0 Å². The number of hydrogen-bond donors (Lipinski definition) is 1. The summed E-state index contributed by atoms with van der Waals surface area (Å²) in [4.78, 5) is 13.0. The van der Waals surface area contributed by atoms with Crippen LogP contribution in [0.1, 0.15) is 5.56 Å². The Bertz CT molecular complexity index is 906. The van der Waals surface area contributed by atoms with Crippen molar-refractivity contribution in [3.63, 3.8) is 0 Å². The van der Waals surface area contributed by atoms with E-state index in [0.29, 0.717) is 5.13 Å². The van der Waals surface area contributed by atoms with E-state index in [9.17, 15) is 0 Å². The standard InChI is InChI=1S/C16H13N5S2/c17-16-20-14(9-23-16)15-19-13(8-22-15)12-3-1-11(2-4-12)7-21-6-5-18-10-21/h1-6,8-10H,7H2,(H2,17,20). The van der Waals surface area contributed by atoms with Gasteiger partial charge in [-0.1, -0.05) is 24.3 Å². The van der Waals surface area contributed by atoms with Crippen LogP contribution in [-0.4, -0.2) is 19.5 Å². The molecule has 4 aromatic rings. The van der Waals surface area contributed by atoms with E-state index in [2.05, 4.69) is 44.6 Å². The minimum absolute atomic E-state index is 0.570. The molecule has 0 unspecified atom stereocenters. The number of anilines is 1. The molecule has 5 nitrogen and oxygen atoms in total. The summed E-state index contributed by atoms with van der Waals surface area (Å²) >= 11 is 3.02. The second-order valence-electron chi connectivity index (χ2n) is 5.04. The van der Waals surface area contributed by atoms with E-state index in [1.165, 1.54) is 16.9 Å². The van der Waals surface area contributed by atoms with Crippen molar-refractivity contribution in [3.05, 3.63) is 59.3 Å². The Morgan fingerprint density at radius 1 is 1.00 bits per heavy atom. The van der Waals surface area contributed by atoms with E-state index in [1.807, 2.05) is 22.5 Å². The first kappa shape index (κ1) is 14.1. The zero-order valence-electron chi connectivity index (χ0n) is 12.1. The lowest BCUT2D eigenvalue weighted by atomic mass is 10.1. The predicted molar refractivity (Wildman–Crippen MR) is 94.4 cm³/mol. The highest BCUT2D eigenvalue weighted by Gasteiger charge is 2.09. The fraction of sp³-hybridized carbons (Fsp3) is 0.0625. The summed E-state index contributed by atoms with van der Waals surface area (Å²) in [7, 11) is 0. The van der Waals surface area contributed by atoms with Crippen LogP contribution in [0.15, 0.2) is 53.7 Å². The Hall–Kier alpha value is -2.51. The molecule has 0 saturated carbocycles. The maximum absolute atomic E-state index is 5.68. The summed E-state index contributed by atoms with van der Waals surface area (Å²) in [6, 6.07) is 8.44. The Kier molecular flexibility index (Phi) is 3.64. The third-order valence-electron chi connectivity index (χ3n) is 3.42. The van der Waals surface area contributed by atoms with Gasteiger partial charge in [-0.2, -0.15) is 0 Å². The second-order valence-corrected chi connectivity index (χ2v) is 6.79. The van der Waals surface area contributed by atoms with E-state index in [-0.39, 0.29) is 0 Å². The first-order valence-corrected chi connectivity index (χ1v) is 8.76. The minimum Gasteiger partial charge on any atom is -0.375 e. The van der Waals surface area contributed by atoms with Gasteiger partial charge in [0, 0.05) is 35.3 Å². The van der Waals surface area contributed by atoms with Gasteiger partial charge in [0.2, 0.25) is 0 Å². The van der Waals surface area contributed by atoms with Crippen LogP contribution in [0, 0.1) is 0 Å². The van der Waals surface area contributed by atoms with Gasteiger partial charge >= 0.3 is 0 Å². The van der Waals surface area contributed by atoms with Crippen LogP contribution in [-0.2, 0) is 6.54 Å². The molecule has 4 rings (SSSR count). The largest absolute Gasteiger partial charge is 0.375 e. The van der Waals surface area contributed by atoms with Crippen molar-refractivity contribution in [2.75, 3.05) is 5.73 Å². The highest BCUT2D eigenvalue weighted by Crippen LogP contribution is 2.30. The third-order valence-corrected chi connectivity index (χ3v) is 4.96. The molecule has 0 amide bonds. The van der Waals surface area contributed by atoms with Gasteiger partial charge in [-0.05, 0) is 5.56 Å². The van der Waals surface area contributed by atoms with Crippen molar-refractivity contribution < 1.29 is 0 Å². The average molecular weight is 339 g/mol. The summed E-state index contributed by atoms with van der Waals surface area (Å²) in [6.07, 6.45) is 5.57. The molecule has 3 heterocycles. The van der Waals surface area contributed by atoms with Gasteiger partial charge in [-0.25, -0.2) is 15.0 Å². The smallest absolute Gasteiger partial charge is 0.180 e. The van der Waals surface area contributed by atoms with Crippen LogP contribution < -0.4 is 5.73 Å². The van der Waals surface area contributed by atoms with Crippen molar-refractivity contribution >= 4 is 27.8 Å². The summed E-state index contributed by atoms with van der Waals surface area (Å²) in [5.41, 5.74) is 9.83. The SMILES string of the molecule is Nc1nc(-c2nc(-c3ccc(Cn4ccnc4)cc3)cs2)cs1. The zero-order chi connectivity index (χ0) is 15.6. The molecule has 0 aliphatic rings. The number of nitrogens with zero attached hydrogens (tertiary/aromatic N) is 4. The highest BCUT2D eigenvalue weighted by molar-refractivity contribution is 7.15. The van der Waals surface area contributed by atoms with E-state index >= 15 is 0 Å². The molecule has 0 fully saturated rings. The van der Waals surface area contributed by atoms with Gasteiger partial charge < -0.3 is 10.3 Å². The maximum atomic E-state index is 5.68.